The Labute approximate surface area is 572 Å². The molecule has 0 bridgehead atoms. The van der Waals surface area contributed by atoms with Crippen molar-refractivity contribution in [3.63, 3.8) is 0 Å². The molecule has 0 rings (SSSR count). The van der Waals surface area contributed by atoms with Gasteiger partial charge in [0.2, 0.25) is 5.91 Å². The van der Waals surface area contributed by atoms with Crippen molar-refractivity contribution in [2.75, 3.05) is 13.2 Å². The molecule has 0 fully saturated rings. The SMILES string of the molecule is CCCCCCCCCCCCCCCCCCCCCCCCCC(O)C(CO)NC(=O)CCCCCCCCCCCCCCCCCCCCCCCCCCCCCCCCCCCOC(=O)CCCCCCCCCCCCCCCCCCCC. The summed E-state index contributed by atoms with van der Waals surface area (Å²) in [5.41, 5.74) is 0. The van der Waals surface area contributed by atoms with Crippen LogP contribution < -0.4 is 5.32 Å². The molecule has 0 aromatic carbocycles. The van der Waals surface area contributed by atoms with Crippen LogP contribution in [0.25, 0.3) is 0 Å². The summed E-state index contributed by atoms with van der Waals surface area (Å²) in [6, 6.07) is -0.538. The molecule has 1 amide bonds. The highest BCUT2D eigenvalue weighted by Crippen LogP contribution is 2.21. The van der Waals surface area contributed by atoms with E-state index in [1.54, 1.807) is 0 Å². The quantitative estimate of drug-likeness (QED) is 0.0417. The highest BCUT2D eigenvalue weighted by atomic mass is 16.5. The first kappa shape index (κ1) is 89.9. The van der Waals surface area contributed by atoms with Crippen molar-refractivity contribution < 1.29 is 24.5 Å². The third kappa shape index (κ3) is 77.7. The zero-order valence-electron chi connectivity index (χ0n) is 62.6. The Morgan fingerprint density at radius 1 is 0.264 bits per heavy atom. The number of nitrogens with one attached hydrogen (secondary N) is 1. The Morgan fingerprint density at radius 2 is 0.451 bits per heavy atom. The predicted molar refractivity (Wildman–Crippen MR) is 403 cm³/mol. The van der Waals surface area contributed by atoms with Gasteiger partial charge in [-0.1, -0.05) is 470 Å². The van der Waals surface area contributed by atoms with Crippen molar-refractivity contribution in [1.29, 1.82) is 0 Å². The normalized spacial score (nSPS) is 12.4. The Kier molecular flexibility index (Phi) is 80.3. The van der Waals surface area contributed by atoms with E-state index in [0.29, 0.717) is 25.9 Å². The summed E-state index contributed by atoms with van der Waals surface area (Å²) in [6.07, 6.45) is 102. The van der Waals surface area contributed by atoms with Gasteiger partial charge in [-0.15, -0.1) is 0 Å². The smallest absolute Gasteiger partial charge is 0.305 e. The average Bonchev–Trinajstić information content (AvgIpc) is 3.56. The zero-order valence-corrected chi connectivity index (χ0v) is 62.6. The number of carbonyl (C=O) groups excluding carboxylic acids is 2. The number of unbranched alkanes of at least 4 members (excludes halogenated alkanes) is 71. The Morgan fingerprint density at radius 3 is 0.670 bits per heavy atom. The monoisotopic (exact) mass is 1280 g/mol. The molecule has 0 aliphatic carbocycles. The van der Waals surface area contributed by atoms with Gasteiger partial charge < -0.3 is 20.3 Å². The lowest BCUT2D eigenvalue weighted by atomic mass is 10.0. The fourth-order valence-electron chi connectivity index (χ4n) is 14.2. The molecule has 0 heterocycles. The van der Waals surface area contributed by atoms with Gasteiger partial charge >= 0.3 is 5.97 Å². The van der Waals surface area contributed by atoms with Crippen LogP contribution in [0.2, 0.25) is 0 Å². The maximum atomic E-state index is 12.6. The third-order valence-corrected chi connectivity index (χ3v) is 20.7. The van der Waals surface area contributed by atoms with Gasteiger partial charge in [0, 0.05) is 12.8 Å². The molecule has 2 atom stereocenters. The van der Waals surface area contributed by atoms with Crippen LogP contribution in [0.3, 0.4) is 0 Å². The number of rotatable bonds is 82. The van der Waals surface area contributed by atoms with E-state index < -0.39 is 12.1 Å². The summed E-state index contributed by atoms with van der Waals surface area (Å²) in [6.45, 7) is 5.03. The molecule has 91 heavy (non-hydrogen) atoms. The number of hydrogen-bond donors (Lipinski definition) is 3. The molecule has 0 aromatic rings. The van der Waals surface area contributed by atoms with Crippen LogP contribution in [0.1, 0.15) is 508 Å². The van der Waals surface area contributed by atoms with Crippen molar-refractivity contribution in [1.82, 2.24) is 5.32 Å². The van der Waals surface area contributed by atoms with Crippen LogP contribution in [0.15, 0.2) is 0 Å². The molecule has 0 aliphatic rings. The van der Waals surface area contributed by atoms with Crippen LogP contribution in [-0.4, -0.2) is 47.4 Å². The highest BCUT2D eigenvalue weighted by molar-refractivity contribution is 5.76. The molecule has 0 spiro atoms. The van der Waals surface area contributed by atoms with Crippen LogP contribution in [0.5, 0.6) is 0 Å². The first-order chi connectivity index (χ1) is 45.0. The van der Waals surface area contributed by atoms with Gasteiger partial charge in [0.05, 0.1) is 25.4 Å². The highest BCUT2D eigenvalue weighted by Gasteiger charge is 2.20. The topological polar surface area (TPSA) is 95.9 Å². The van der Waals surface area contributed by atoms with Crippen molar-refractivity contribution >= 4 is 11.9 Å². The summed E-state index contributed by atoms with van der Waals surface area (Å²) >= 11 is 0. The first-order valence-corrected chi connectivity index (χ1v) is 42.8. The number of carbonyl (C=O) groups is 2. The van der Waals surface area contributed by atoms with E-state index in [1.807, 2.05) is 0 Å². The molecule has 544 valence electrons. The lowest BCUT2D eigenvalue weighted by Crippen LogP contribution is -2.45. The molecule has 6 nitrogen and oxygen atoms in total. The lowest BCUT2D eigenvalue weighted by Gasteiger charge is -2.22. The van der Waals surface area contributed by atoms with E-state index in [0.717, 1.165) is 38.5 Å². The van der Waals surface area contributed by atoms with Crippen LogP contribution >= 0.6 is 0 Å². The summed E-state index contributed by atoms with van der Waals surface area (Å²) in [7, 11) is 0. The van der Waals surface area contributed by atoms with E-state index in [9.17, 15) is 19.8 Å². The van der Waals surface area contributed by atoms with Gasteiger partial charge in [-0.3, -0.25) is 9.59 Å². The van der Waals surface area contributed by atoms with Crippen LogP contribution in [-0.2, 0) is 14.3 Å². The molecule has 0 saturated carbocycles. The molecule has 0 saturated heterocycles. The van der Waals surface area contributed by atoms with Gasteiger partial charge in [-0.05, 0) is 25.7 Å². The second kappa shape index (κ2) is 81.3. The Bertz CT molecular complexity index is 1340. The molecular formula is C85H169NO5. The average molecular weight is 1290 g/mol. The second-order valence-electron chi connectivity index (χ2n) is 29.9. The van der Waals surface area contributed by atoms with Gasteiger partial charge in [0.25, 0.3) is 0 Å². The van der Waals surface area contributed by atoms with E-state index in [4.69, 9.17) is 4.74 Å². The maximum absolute atomic E-state index is 12.6. The molecular weight excluding hydrogens is 1110 g/mol. The van der Waals surface area contributed by atoms with E-state index >= 15 is 0 Å². The standard InChI is InChI=1S/C85H169NO5/c1-3-5-7-9-11-13-15-17-19-21-23-24-36-39-42-45-49-53-57-61-65-69-73-77-83(88)82(81-87)86-84(89)78-74-70-66-62-58-54-50-46-43-40-37-34-32-30-28-26-25-27-29-31-33-35-38-41-44-48-52-56-60-64-68-72-76-80-91-85(90)79-75-71-67-63-59-55-51-47-22-20-18-16-14-12-10-8-6-4-2/h82-83,87-88H,3-81H2,1-2H3,(H,86,89). The van der Waals surface area contributed by atoms with Gasteiger partial charge in [-0.2, -0.15) is 0 Å². The Balaban J connectivity index is 3.30. The fraction of sp³-hybridized carbons (Fsp3) is 0.976. The first-order valence-electron chi connectivity index (χ1n) is 42.8. The minimum atomic E-state index is -0.661. The summed E-state index contributed by atoms with van der Waals surface area (Å²) in [4.78, 5) is 24.7. The molecule has 3 N–H and O–H groups in total. The van der Waals surface area contributed by atoms with Crippen molar-refractivity contribution in [3.05, 3.63) is 0 Å². The summed E-state index contributed by atoms with van der Waals surface area (Å²) in [5, 5.41) is 23.5. The molecule has 0 aromatic heterocycles. The Hall–Kier alpha value is -1.14. The summed E-state index contributed by atoms with van der Waals surface area (Å²) < 4.78 is 5.52. The number of hydrogen-bond acceptors (Lipinski definition) is 5. The van der Waals surface area contributed by atoms with Crippen molar-refractivity contribution in [2.45, 2.75) is 520 Å². The lowest BCUT2D eigenvalue weighted by molar-refractivity contribution is -0.143. The fourth-order valence-corrected chi connectivity index (χ4v) is 14.2. The number of amides is 1. The zero-order chi connectivity index (χ0) is 65.6. The number of ether oxygens (including phenoxy) is 1. The minimum Gasteiger partial charge on any atom is -0.466 e. The minimum absolute atomic E-state index is 0.0233. The van der Waals surface area contributed by atoms with Gasteiger partial charge in [0.1, 0.15) is 0 Å². The number of esters is 1. The molecule has 0 aliphatic heterocycles. The third-order valence-electron chi connectivity index (χ3n) is 20.7. The summed E-state index contributed by atoms with van der Waals surface area (Å²) in [5.74, 6) is 0.00459. The largest absolute Gasteiger partial charge is 0.466 e. The molecule has 0 radical (unpaired) electrons. The number of aliphatic hydroxyl groups is 2. The van der Waals surface area contributed by atoms with Crippen molar-refractivity contribution in [3.8, 4) is 0 Å². The predicted octanol–water partition coefficient (Wildman–Crippen LogP) is 28.4. The maximum Gasteiger partial charge on any atom is 0.305 e. The van der Waals surface area contributed by atoms with Gasteiger partial charge in [0.15, 0.2) is 0 Å². The van der Waals surface area contributed by atoms with E-state index in [-0.39, 0.29) is 18.5 Å². The molecule has 2 unspecified atom stereocenters. The number of aliphatic hydroxyl groups excluding tert-OH is 2. The van der Waals surface area contributed by atoms with Crippen molar-refractivity contribution in [2.24, 2.45) is 0 Å². The second-order valence-corrected chi connectivity index (χ2v) is 29.9. The van der Waals surface area contributed by atoms with Crippen LogP contribution in [0, 0.1) is 0 Å². The molecule has 6 heteroatoms. The van der Waals surface area contributed by atoms with Gasteiger partial charge in [-0.25, -0.2) is 0 Å². The van der Waals surface area contributed by atoms with Crippen LogP contribution in [0.4, 0.5) is 0 Å². The van der Waals surface area contributed by atoms with E-state index in [1.165, 1.54) is 437 Å². The van der Waals surface area contributed by atoms with E-state index in [2.05, 4.69) is 19.2 Å².